The number of nitrogen functional groups attached to an aromatic ring is 1. The van der Waals surface area contributed by atoms with Crippen molar-refractivity contribution in [3.05, 3.63) is 11.9 Å². The van der Waals surface area contributed by atoms with Gasteiger partial charge in [-0.3, -0.25) is 0 Å². The molecular formula is C13H22N4O. The lowest BCUT2D eigenvalue weighted by molar-refractivity contribution is 0.178. The van der Waals surface area contributed by atoms with Gasteiger partial charge in [-0.1, -0.05) is 19.8 Å². The van der Waals surface area contributed by atoms with Gasteiger partial charge in [0.1, 0.15) is 18.2 Å². The monoisotopic (exact) mass is 250 g/mol. The molecule has 1 heterocycles. The van der Waals surface area contributed by atoms with Gasteiger partial charge in [0, 0.05) is 19.2 Å². The number of hydrogen-bond donors (Lipinski definition) is 2. The third-order valence-electron chi connectivity index (χ3n) is 3.23. The summed E-state index contributed by atoms with van der Waals surface area (Å²) in [5.41, 5.74) is 5.77. The van der Waals surface area contributed by atoms with Crippen molar-refractivity contribution in [1.82, 2.24) is 9.97 Å². The third kappa shape index (κ3) is 3.84. The zero-order chi connectivity index (χ0) is 13.0. The molecule has 0 amide bonds. The summed E-state index contributed by atoms with van der Waals surface area (Å²) in [4.78, 5) is 8.54. The number of methoxy groups -OCH3 is 1. The molecule has 100 valence electrons. The van der Waals surface area contributed by atoms with Gasteiger partial charge < -0.3 is 15.8 Å². The minimum atomic E-state index is 0.388. The van der Waals surface area contributed by atoms with Crippen molar-refractivity contribution >= 4 is 11.6 Å². The maximum atomic E-state index is 5.77. The molecule has 1 unspecified atom stereocenters. The van der Waals surface area contributed by atoms with Crippen LogP contribution in [0.1, 0.15) is 38.4 Å². The van der Waals surface area contributed by atoms with E-state index in [1.165, 1.54) is 19.3 Å². The Morgan fingerprint density at radius 3 is 2.89 bits per heavy atom. The quantitative estimate of drug-likeness (QED) is 0.776. The van der Waals surface area contributed by atoms with Gasteiger partial charge in [-0.05, 0) is 18.8 Å². The van der Waals surface area contributed by atoms with Gasteiger partial charge in [0.05, 0.1) is 0 Å². The van der Waals surface area contributed by atoms with Crippen molar-refractivity contribution in [1.29, 1.82) is 0 Å². The molecule has 0 bridgehead atoms. The lowest BCUT2D eigenvalue weighted by Crippen LogP contribution is -2.20. The molecule has 0 saturated heterocycles. The second kappa shape index (κ2) is 6.00. The topological polar surface area (TPSA) is 73.1 Å². The van der Waals surface area contributed by atoms with Gasteiger partial charge in [0.2, 0.25) is 0 Å². The van der Waals surface area contributed by atoms with Crippen LogP contribution >= 0.6 is 0 Å². The Morgan fingerprint density at radius 1 is 1.50 bits per heavy atom. The molecule has 1 atom stereocenters. The molecular weight excluding hydrogens is 228 g/mol. The molecule has 1 aromatic rings. The van der Waals surface area contributed by atoms with Crippen LogP contribution < -0.4 is 11.1 Å². The molecule has 1 aliphatic carbocycles. The molecule has 1 saturated carbocycles. The van der Waals surface area contributed by atoms with E-state index in [-0.39, 0.29) is 0 Å². The molecule has 2 rings (SSSR count). The summed E-state index contributed by atoms with van der Waals surface area (Å²) in [7, 11) is 1.63. The van der Waals surface area contributed by atoms with Crippen LogP contribution in [0.25, 0.3) is 0 Å². The van der Waals surface area contributed by atoms with Crippen molar-refractivity contribution in [3.8, 4) is 0 Å². The lowest BCUT2D eigenvalue weighted by Gasteiger charge is -2.17. The summed E-state index contributed by atoms with van der Waals surface area (Å²) in [6.07, 6.45) is 5.07. The van der Waals surface area contributed by atoms with Crippen molar-refractivity contribution in [2.45, 2.75) is 45.3 Å². The van der Waals surface area contributed by atoms with Crippen LogP contribution in [0.5, 0.6) is 0 Å². The predicted octanol–water partition coefficient (Wildman–Crippen LogP) is 2.20. The summed E-state index contributed by atoms with van der Waals surface area (Å²) in [5, 5.41) is 3.45. The van der Waals surface area contributed by atoms with Crippen LogP contribution in [0.2, 0.25) is 0 Å². The van der Waals surface area contributed by atoms with Gasteiger partial charge >= 0.3 is 0 Å². The summed E-state index contributed by atoms with van der Waals surface area (Å²) in [6, 6.07) is 2.26. The number of nitrogens with zero attached hydrogens (tertiary/aromatic N) is 2. The van der Waals surface area contributed by atoms with Gasteiger partial charge in [-0.2, -0.15) is 0 Å². The Balaban J connectivity index is 2.01. The van der Waals surface area contributed by atoms with Crippen molar-refractivity contribution in [3.63, 3.8) is 0 Å². The number of anilines is 2. The summed E-state index contributed by atoms with van der Waals surface area (Å²) >= 11 is 0. The van der Waals surface area contributed by atoms with Gasteiger partial charge in [0.25, 0.3) is 0 Å². The van der Waals surface area contributed by atoms with E-state index < -0.39 is 0 Å². The van der Waals surface area contributed by atoms with Crippen LogP contribution in [-0.2, 0) is 11.3 Å². The smallest absolute Gasteiger partial charge is 0.158 e. The summed E-state index contributed by atoms with van der Waals surface area (Å²) < 4.78 is 5.04. The average molecular weight is 250 g/mol. The second-order valence-electron chi connectivity index (χ2n) is 4.96. The van der Waals surface area contributed by atoms with Crippen LogP contribution in [-0.4, -0.2) is 23.1 Å². The van der Waals surface area contributed by atoms with E-state index >= 15 is 0 Å². The van der Waals surface area contributed by atoms with Gasteiger partial charge in [-0.15, -0.1) is 0 Å². The largest absolute Gasteiger partial charge is 0.384 e. The molecule has 5 nitrogen and oxygen atoms in total. The number of nitrogens with one attached hydrogen (secondary N) is 1. The van der Waals surface area contributed by atoms with E-state index in [1.54, 1.807) is 13.2 Å². The lowest BCUT2D eigenvalue weighted by atomic mass is 10.1. The molecule has 0 spiro atoms. The molecule has 5 heteroatoms. The number of aromatic nitrogens is 2. The highest BCUT2D eigenvalue weighted by atomic mass is 16.5. The Morgan fingerprint density at radius 2 is 2.28 bits per heavy atom. The normalized spacial score (nSPS) is 16.6. The number of nitrogens with two attached hydrogens (primary N) is 1. The van der Waals surface area contributed by atoms with E-state index in [0.29, 0.717) is 24.3 Å². The molecule has 0 aromatic carbocycles. The second-order valence-corrected chi connectivity index (χ2v) is 4.96. The van der Waals surface area contributed by atoms with Crippen LogP contribution in [0.4, 0.5) is 11.6 Å². The highest BCUT2D eigenvalue weighted by molar-refractivity contribution is 5.45. The van der Waals surface area contributed by atoms with E-state index in [9.17, 15) is 0 Å². The van der Waals surface area contributed by atoms with Gasteiger partial charge in [-0.25, -0.2) is 9.97 Å². The summed E-state index contributed by atoms with van der Waals surface area (Å²) in [6.45, 7) is 2.58. The van der Waals surface area contributed by atoms with Crippen molar-refractivity contribution < 1.29 is 4.74 Å². The third-order valence-corrected chi connectivity index (χ3v) is 3.23. The SMILES string of the molecule is CCC(CC1CC1)Nc1cc(N)nc(COC)n1. The first kappa shape index (κ1) is 13.1. The van der Waals surface area contributed by atoms with E-state index in [1.807, 2.05) is 0 Å². The maximum absolute atomic E-state index is 5.77. The molecule has 1 aromatic heterocycles. The molecule has 18 heavy (non-hydrogen) atoms. The average Bonchev–Trinajstić information content (AvgIpc) is 3.12. The standard InChI is InChI=1S/C13H22N4O/c1-3-10(6-9-4-5-9)15-12-7-11(14)16-13(17-12)8-18-2/h7,9-10H,3-6,8H2,1-2H3,(H3,14,15,16,17). The summed E-state index contributed by atoms with van der Waals surface area (Å²) in [5.74, 6) is 2.82. The molecule has 1 fully saturated rings. The first-order chi connectivity index (χ1) is 8.71. The van der Waals surface area contributed by atoms with Crippen LogP contribution in [0.15, 0.2) is 6.07 Å². The van der Waals surface area contributed by atoms with Crippen LogP contribution in [0, 0.1) is 5.92 Å². The molecule has 3 N–H and O–H groups in total. The maximum Gasteiger partial charge on any atom is 0.158 e. The molecule has 0 aliphatic heterocycles. The van der Waals surface area contributed by atoms with E-state index in [0.717, 1.165) is 18.2 Å². The first-order valence-electron chi connectivity index (χ1n) is 6.60. The van der Waals surface area contributed by atoms with E-state index in [2.05, 4.69) is 22.2 Å². The first-order valence-corrected chi connectivity index (χ1v) is 6.60. The number of hydrogen-bond acceptors (Lipinski definition) is 5. The molecule has 0 radical (unpaired) electrons. The number of rotatable bonds is 7. The van der Waals surface area contributed by atoms with E-state index in [4.69, 9.17) is 10.5 Å². The fraction of sp³-hybridized carbons (Fsp3) is 0.692. The Hall–Kier alpha value is -1.36. The minimum absolute atomic E-state index is 0.388. The zero-order valence-electron chi connectivity index (χ0n) is 11.1. The number of ether oxygens (including phenoxy) is 1. The van der Waals surface area contributed by atoms with Gasteiger partial charge in [0.15, 0.2) is 5.82 Å². The zero-order valence-corrected chi connectivity index (χ0v) is 11.1. The fourth-order valence-corrected chi connectivity index (χ4v) is 2.08. The van der Waals surface area contributed by atoms with Crippen LogP contribution in [0.3, 0.4) is 0 Å². The van der Waals surface area contributed by atoms with Crippen molar-refractivity contribution in [2.24, 2.45) is 5.92 Å². The molecule has 1 aliphatic rings. The Labute approximate surface area is 108 Å². The minimum Gasteiger partial charge on any atom is -0.384 e. The Kier molecular flexibility index (Phi) is 4.36. The van der Waals surface area contributed by atoms with Crippen molar-refractivity contribution in [2.75, 3.05) is 18.2 Å². The highest BCUT2D eigenvalue weighted by Crippen LogP contribution is 2.34. The Bertz CT molecular complexity index is 393. The fourth-order valence-electron chi connectivity index (χ4n) is 2.08. The predicted molar refractivity (Wildman–Crippen MR) is 72.2 cm³/mol. The highest BCUT2D eigenvalue weighted by Gasteiger charge is 2.24.